The first-order valence-corrected chi connectivity index (χ1v) is 21.6. The highest BCUT2D eigenvalue weighted by Gasteiger charge is 2.23. The highest BCUT2D eigenvalue weighted by Crippen LogP contribution is 2.42. The SMILES string of the molecule is CC/C=C\C/C=C\C/C=C\C/C=C\CCCCC(=O)OCC(O)COP(=O)(O)OCCNC(=O)CCCCCCCCCCCCCCCCC. The summed E-state index contributed by atoms with van der Waals surface area (Å²) in [7, 11) is -4.42. The van der Waals surface area contributed by atoms with Gasteiger partial charge in [0.2, 0.25) is 5.91 Å². The first-order chi connectivity index (χ1) is 24.8. The summed E-state index contributed by atoms with van der Waals surface area (Å²) < 4.78 is 26.8. The zero-order valence-electron chi connectivity index (χ0n) is 32.3. The van der Waals surface area contributed by atoms with Gasteiger partial charge in [-0.2, -0.15) is 0 Å². The van der Waals surface area contributed by atoms with Gasteiger partial charge in [0.25, 0.3) is 0 Å². The van der Waals surface area contributed by atoms with Gasteiger partial charge in [0, 0.05) is 19.4 Å². The van der Waals surface area contributed by atoms with Crippen LogP contribution in [0.3, 0.4) is 0 Å². The maximum absolute atomic E-state index is 12.1. The van der Waals surface area contributed by atoms with Crippen molar-refractivity contribution in [1.82, 2.24) is 5.32 Å². The molecule has 0 aliphatic heterocycles. The molecule has 0 bridgehead atoms. The number of nitrogens with one attached hydrogen (secondary N) is 1. The number of hydrogen-bond acceptors (Lipinski definition) is 7. The lowest BCUT2D eigenvalue weighted by molar-refractivity contribution is -0.147. The molecule has 51 heavy (non-hydrogen) atoms. The second-order valence-electron chi connectivity index (χ2n) is 13.2. The minimum absolute atomic E-state index is 0.0773. The average molecular weight is 740 g/mol. The number of aliphatic hydroxyl groups is 1. The lowest BCUT2D eigenvalue weighted by atomic mass is 10.0. The molecule has 10 heteroatoms. The molecule has 2 unspecified atom stereocenters. The minimum atomic E-state index is -4.42. The fourth-order valence-electron chi connectivity index (χ4n) is 5.25. The topological polar surface area (TPSA) is 131 Å². The van der Waals surface area contributed by atoms with E-state index >= 15 is 0 Å². The molecule has 1 amide bonds. The Balaban J connectivity index is 3.67. The molecular formula is C41H74NO8P. The van der Waals surface area contributed by atoms with Gasteiger partial charge in [-0.3, -0.25) is 18.6 Å². The van der Waals surface area contributed by atoms with Crippen LogP contribution in [0.1, 0.15) is 168 Å². The molecular weight excluding hydrogens is 665 g/mol. The molecule has 0 aliphatic rings. The van der Waals surface area contributed by atoms with Crippen LogP contribution in [0, 0.1) is 0 Å². The summed E-state index contributed by atoms with van der Waals surface area (Å²) in [6.07, 6.45) is 41.8. The number of hydrogen-bond donors (Lipinski definition) is 3. The van der Waals surface area contributed by atoms with Gasteiger partial charge in [-0.05, 0) is 51.4 Å². The largest absolute Gasteiger partial charge is 0.472 e. The number of phosphoric acid groups is 1. The summed E-state index contributed by atoms with van der Waals surface area (Å²) in [6, 6.07) is 0. The zero-order chi connectivity index (χ0) is 37.5. The van der Waals surface area contributed by atoms with E-state index in [1.54, 1.807) is 0 Å². The number of carbonyl (C=O) groups is 2. The summed E-state index contributed by atoms with van der Waals surface area (Å²) in [5.74, 6) is -0.559. The van der Waals surface area contributed by atoms with Crippen molar-refractivity contribution in [2.45, 2.75) is 174 Å². The molecule has 0 fully saturated rings. The number of esters is 1. The number of amides is 1. The van der Waals surface area contributed by atoms with Crippen LogP contribution in [-0.2, 0) is 27.9 Å². The Morgan fingerprint density at radius 2 is 1.12 bits per heavy atom. The van der Waals surface area contributed by atoms with Gasteiger partial charge >= 0.3 is 13.8 Å². The van der Waals surface area contributed by atoms with Gasteiger partial charge in [-0.15, -0.1) is 0 Å². The molecule has 9 nitrogen and oxygen atoms in total. The minimum Gasteiger partial charge on any atom is -0.463 e. The molecule has 0 radical (unpaired) electrons. The first-order valence-electron chi connectivity index (χ1n) is 20.1. The monoisotopic (exact) mass is 740 g/mol. The van der Waals surface area contributed by atoms with Crippen LogP contribution in [0.2, 0.25) is 0 Å². The molecule has 0 rings (SSSR count). The average Bonchev–Trinajstić information content (AvgIpc) is 3.11. The third kappa shape index (κ3) is 39.0. The Hall–Kier alpha value is -2.03. The molecule has 0 aromatic carbocycles. The summed E-state index contributed by atoms with van der Waals surface area (Å²) in [5, 5.41) is 12.7. The predicted molar refractivity (Wildman–Crippen MR) is 210 cm³/mol. The first kappa shape index (κ1) is 49.0. The molecule has 0 aromatic rings. The van der Waals surface area contributed by atoms with Gasteiger partial charge < -0.3 is 20.1 Å². The Bertz CT molecular complexity index is 981. The van der Waals surface area contributed by atoms with E-state index in [0.29, 0.717) is 12.8 Å². The van der Waals surface area contributed by atoms with Crippen molar-refractivity contribution in [3.05, 3.63) is 48.6 Å². The lowest BCUT2D eigenvalue weighted by Crippen LogP contribution is -2.27. The summed E-state index contributed by atoms with van der Waals surface area (Å²) >= 11 is 0. The van der Waals surface area contributed by atoms with Crippen LogP contribution in [0.15, 0.2) is 48.6 Å². The third-order valence-corrected chi connectivity index (χ3v) is 9.26. The van der Waals surface area contributed by atoms with Gasteiger partial charge in [-0.1, -0.05) is 152 Å². The van der Waals surface area contributed by atoms with Crippen molar-refractivity contribution >= 4 is 19.7 Å². The molecule has 0 aromatic heterocycles. The molecule has 3 N–H and O–H groups in total. The maximum atomic E-state index is 12.1. The zero-order valence-corrected chi connectivity index (χ0v) is 33.2. The molecule has 0 saturated heterocycles. The van der Waals surface area contributed by atoms with E-state index in [-0.39, 0.29) is 32.1 Å². The Morgan fingerprint density at radius 3 is 1.67 bits per heavy atom. The van der Waals surface area contributed by atoms with E-state index in [1.165, 1.54) is 77.0 Å². The fraction of sp³-hybridized carbons (Fsp3) is 0.756. The van der Waals surface area contributed by atoms with Crippen molar-refractivity contribution < 1.29 is 37.9 Å². The van der Waals surface area contributed by atoms with Crippen LogP contribution in [0.25, 0.3) is 0 Å². The number of carbonyl (C=O) groups excluding carboxylic acids is 2. The smallest absolute Gasteiger partial charge is 0.463 e. The molecule has 0 heterocycles. The van der Waals surface area contributed by atoms with Gasteiger partial charge in [0.05, 0.1) is 13.2 Å². The highest BCUT2D eigenvalue weighted by molar-refractivity contribution is 7.47. The van der Waals surface area contributed by atoms with E-state index in [9.17, 15) is 24.2 Å². The highest BCUT2D eigenvalue weighted by atomic mass is 31.2. The second-order valence-corrected chi connectivity index (χ2v) is 14.7. The van der Waals surface area contributed by atoms with E-state index in [1.807, 2.05) is 0 Å². The Morgan fingerprint density at radius 1 is 0.627 bits per heavy atom. The number of rotatable bonds is 37. The molecule has 296 valence electrons. The van der Waals surface area contributed by atoms with Crippen molar-refractivity contribution in [3.8, 4) is 0 Å². The van der Waals surface area contributed by atoms with Crippen molar-refractivity contribution in [3.63, 3.8) is 0 Å². The van der Waals surface area contributed by atoms with Crippen molar-refractivity contribution in [2.24, 2.45) is 0 Å². The fourth-order valence-corrected chi connectivity index (χ4v) is 6.01. The van der Waals surface area contributed by atoms with E-state index in [0.717, 1.165) is 57.8 Å². The molecule has 0 saturated carbocycles. The third-order valence-electron chi connectivity index (χ3n) is 8.27. The van der Waals surface area contributed by atoms with E-state index < -0.39 is 26.5 Å². The quantitative estimate of drug-likeness (QED) is 0.0248. The van der Waals surface area contributed by atoms with E-state index in [4.69, 9.17) is 13.8 Å². The summed E-state index contributed by atoms with van der Waals surface area (Å²) in [4.78, 5) is 33.8. The van der Waals surface area contributed by atoms with E-state index in [2.05, 4.69) is 67.8 Å². The lowest BCUT2D eigenvalue weighted by Gasteiger charge is -2.15. The Kier molecular flexibility index (Phi) is 36.2. The predicted octanol–water partition coefficient (Wildman–Crippen LogP) is 10.8. The number of ether oxygens (including phenoxy) is 1. The second kappa shape index (κ2) is 37.7. The van der Waals surface area contributed by atoms with Gasteiger partial charge in [0.1, 0.15) is 12.7 Å². The van der Waals surface area contributed by atoms with Crippen molar-refractivity contribution in [1.29, 1.82) is 0 Å². The molecule has 0 spiro atoms. The normalized spacial score (nSPS) is 13.9. The van der Waals surface area contributed by atoms with Crippen molar-refractivity contribution in [2.75, 3.05) is 26.4 Å². The maximum Gasteiger partial charge on any atom is 0.472 e. The van der Waals surface area contributed by atoms with Crippen LogP contribution >= 0.6 is 7.82 Å². The van der Waals surface area contributed by atoms with Gasteiger partial charge in [-0.25, -0.2) is 4.57 Å². The number of aliphatic hydroxyl groups excluding tert-OH is 1. The van der Waals surface area contributed by atoms with Gasteiger partial charge in [0.15, 0.2) is 0 Å². The number of unbranched alkanes of at least 4 members (excludes halogenated alkanes) is 16. The Labute approximate surface area is 311 Å². The van der Waals surface area contributed by atoms with Crippen LogP contribution in [0.4, 0.5) is 0 Å². The number of phosphoric ester groups is 1. The number of allylic oxidation sites excluding steroid dienone is 8. The van der Waals surface area contributed by atoms with Crippen LogP contribution < -0.4 is 5.32 Å². The summed E-state index contributed by atoms with van der Waals surface area (Å²) in [6.45, 7) is 3.39. The molecule has 0 aliphatic carbocycles. The van der Waals surface area contributed by atoms with Crippen LogP contribution in [-0.4, -0.2) is 54.3 Å². The van der Waals surface area contributed by atoms with Crippen LogP contribution in [0.5, 0.6) is 0 Å². The molecule has 2 atom stereocenters. The standard InChI is InChI=1S/C41H74NO8P/c1-3-5-7-9-11-13-15-17-19-21-23-25-27-29-31-33-40(44)42-35-36-49-51(46,47)50-38-39(43)37-48-41(45)34-32-30-28-26-24-22-20-18-16-14-12-10-8-6-4-2/h6,8,12,14,18,20,24,26,39,43H,3-5,7,9-11,13,15-17,19,21-23,25,27-38H2,1-2H3,(H,42,44)(H,46,47)/b8-6-,14-12-,20-18-,26-24-. The summed E-state index contributed by atoms with van der Waals surface area (Å²) in [5.41, 5.74) is 0.